The summed E-state index contributed by atoms with van der Waals surface area (Å²) < 4.78 is 0. The quantitative estimate of drug-likeness (QED) is 0.421. The maximum Gasteiger partial charge on any atom is 0.317 e. The van der Waals surface area contributed by atoms with Crippen LogP contribution in [-0.2, 0) is 9.59 Å². The molecule has 0 saturated heterocycles. The Hall–Kier alpha value is -1.83. The summed E-state index contributed by atoms with van der Waals surface area (Å²) >= 11 is 0. The van der Waals surface area contributed by atoms with Gasteiger partial charge in [-0.1, -0.05) is 39.5 Å². The average Bonchev–Trinajstić information content (AvgIpc) is 2.63. The van der Waals surface area contributed by atoms with Crippen molar-refractivity contribution in [3.05, 3.63) is 0 Å². The van der Waals surface area contributed by atoms with E-state index in [2.05, 4.69) is 22.9 Å². The first-order chi connectivity index (χ1) is 13.4. The van der Waals surface area contributed by atoms with Gasteiger partial charge in [-0.05, 0) is 38.6 Å². The second-order valence-electron chi connectivity index (χ2n) is 8.13. The van der Waals surface area contributed by atoms with E-state index in [1.165, 1.54) is 0 Å². The number of aliphatic carboxylic acids is 1. The Morgan fingerprint density at radius 2 is 1.79 bits per heavy atom. The van der Waals surface area contributed by atoms with Crippen LogP contribution < -0.4 is 16.0 Å². The van der Waals surface area contributed by atoms with E-state index in [0.29, 0.717) is 25.9 Å². The zero-order chi connectivity index (χ0) is 20.6. The third kappa shape index (κ3) is 6.09. The highest BCUT2D eigenvalue weighted by Crippen LogP contribution is 2.31. The molecular weight excluding hydrogens is 360 g/mol. The van der Waals surface area contributed by atoms with Crippen molar-refractivity contribution >= 4 is 17.9 Å². The zero-order valence-electron chi connectivity index (χ0n) is 17.3. The number of carbonyl (C=O) groups excluding carboxylic acids is 2. The van der Waals surface area contributed by atoms with E-state index in [1.54, 1.807) is 0 Å². The molecule has 0 aromatic rings. The second kappa shape index (κ2) is 10.6. The molecule has 8 heteroatoms. The number of likely N-dealkylation sites (N-methyl/N-ethyl adjacent to an activating group) is 1. The zero-order valence-corrected chi connectivity index (χ0v) is 17.3. The molecule has 0 atom stereocenters. The van der Waals surface area contributed by atoms with Gasteiger partial charge in [0.2, 0.25) is 5.91 Å². The van der Waals surface area contributed by atoms with Gasteiger partial charge in [0.15, 0.2) is 0 Å². The van der Waals surface area contributed by atoms with E-state index >= 15 is 0 Å². The third-order valence-corrected chi connectivity index (χ3v) is 6.02. The fourth-order valence-corrected chi connectivity index (χ4v) is 4.20. The van der Waals surface area contributed by atoms with Gasteiger partial charge in [-0.2, -0.15) is 0 Å². The lowest BCUT2D eigenvalue weighted by molar-refractivity contribution is -0.140. The van der Waals surface area contributed by atoms with Crippen molar-refractivity contribution in [3.8, 4) is 0 Å². The van der Waals surface area contributed by atoms with Gasteiger partial charge in [0.25, 0.3) is 0 Å². The Balaban J connectivity index is 1.88. The van der Waals surface area contributed by atoms with Crippen LogP contribution in [-0.4, -0.2) is 65.2 Å². The molecule has 0 unspecified atom stereocenters. The number of rotatable bonds is 10. The standard InChI is InChI=1S/C20H36N4O4/c1-3-5-11-21-19(28)23-20(9-7-6-8-10-20)18(27)22-15-12-16(13-15)24(4-2)14-17(25)26/h15-16H,3-14H2,1-2H3,(H,22,27)(H,25,26)(H2,21,23,28). The fraction of sp³-hybridized carbons (Fsp3) is 0.850. The molecule has 0 radical (unpaired) electrons. The van der Waals surface area contributed by atoms with Crippen molar-refractivity contribution in [2.24, 2.45) is 0 Å². The summed E-state index contributed by atoms with van der Waals surface area (Å²) in [7, 11) is 0. The highest BCUT2D eigenvalue weighted by molar-refractivity contribution is 5.91. The van der Waals surface area contributed by atoms with Crippen molar-refractivity contribution in [3.63, 3.8) is 0 Å². The van der Waals surface area contributed by atoms with Gasteiger partial charge in [-0.15, -0.1) is 0 Å². The molecule has 0 aromatic carbocycles. The van der Waals surface area contributed by atoms with E-state index in [1.807, 2.05) is 11.8 Å². The molecule has 2 fully saturated rings. The van der Waals surface area contributed by atoms with Crippen molar-refractivity contribution in [1.29, 1.82) is 0 Å². The summed E-state index contributed by atoms with van der Waals surface area (Å²) in [5.41, 5.74) is -0.828. The minimum absolute atomic E-state index is 0.0330. The van der Waals surface area contributed by atoms with Gasteiger partial charge < -0.3 is 21.1 Å². The summed E-state index contributed by atoms with van der Waals surface area (Å²) in [6.45, 7) is 5.34. The number of hydrogen-bond donors (Lipinski definition) is 4. The molecule has 0 spiro atoms. The summed E-state index contributed by atoms with van der Waals surface area (Å²) in [6.07, 6.45) is 7.70. The Morgan fingerprint density at radius 1 is 1.11 bits per heavy atom. The molecule has 0 aliphatic heterocycles. The largest absolute Gasteiger partial charge is 0.480 e. The van der Waals surface area contributed by atoms with Crippen LogP contribution in [0.3, 0.4) is 0 Å². The lowest BCUT2D eigenvalue weighted by Crippen LogP contribution is -2.65. The normalized spacial score (nSPS) is 23.5. The highest BCUT2D eigenvalue weighted by Gasteiger charge is 2.43. The monoisotopic (exact) mass is 396 g/mol. The van der Waals surface area contributed by atoms with Crippen LogP contribution in [0.25, 0.3) is 0 Å². The smallest absolute Gasteiger partial charge is 0.317 e. The molecule has 0 heterocycles. The average molecular weight is 397 g/mol. The predicted molar refractivity (Wildman–Crippen MR) is 107 cm³/mol. The Kier molecular flexibility index (Phi) is 8.54. The van der Waals surface area contributed by atoms with Crippen LogP contribution in [0.2, 0.25) is 0 Å². The number of carbonyl (C=O) groups is 3. The molecule has 2 rings (SSSR count). The van der Waals surface area contributed by atoms with Gasteiger partial charge in [0, 0.05) is 18.6 Å². The number of hydrogen-bond acceptors (Lipinski definition) is 4. The van der Waals surface area contributed by atoms with E-state index in [9.17, 15) is 14.4 Å². The Bertz CT molecular complexity index is 542. The number of urea groups is 1. The number of carboxylic acids is 1. The SMILES string of the molecule is CCCCNC(=O)NC1(C(=O)NC2CC(N(CC)CC(=O)O)C2)CCCCC1. The lowest BCUT2D eigenvalue weighted by Gasteiger charge is -2.44. The number of carboxylic acid groups (broad SMARTS) is 1. The maximum absolute atomic E-state index is 13.1. The fourth-order valence-electron chi connectivity index (χ4n) is 4.20. The molecule has 0 bridgehead atoms. The van der Waals surface area contributed by atoms with Gasteiger partial charge >= 0.3 is 12.0 Å². The van der Waals surface area contributed by atoms with Crippen LogP contribution in [0.5, 0.6) is 0 Å². The molecule has 28 heavy (non-hydrogen) atoms. The first kappa shape index (κ1) is 22.5. The van der Waals surface area contributed by atoms with Crippen LogP contribution in [0.15, 0.2) is 0 Å². The number of unbranched alkanes of at least 4 members (excludes halogenated alkanes) is 1. The minimum atomic E-state index is -0.828. The first-order valence-electron chi connectivity index (χ1n) is 10.7. The van der Waals surface area contributed by atoms with Crippen LogP contribution in [0, 0.1) is 0 Å². The van der Waals surface area contributed by atoms with Crippen molar-refractivity contribution < 1.29 is 19.5 Å². The lowest BCUT2D eigenvalue weighted by atomic mass is 9.79. The van der Waals surface area contributed by atoms with Crippen molar-refractivity contribution in [1.82, 2.24) is 20.9 Å². The van der Waals surface area contributed by atoms with Gasteiger partial charge in [-0.25, -0.2) is 4.79 Å². The van der Waals surface area contributed by atoms with E-state index in [4.69, 9.17) is 5.11 Å². The number of amides is 3. The van der Waals surface area contributed by atoms with Crippen LogP contribution >= 0.6 is 0 Å². The predicted octanol–water partition coefficient (Wildman–Crippen LogP) is 1.84. The van der Waals surface area contributed by atoms with Gasteiger partial charge in [0.05, 0.1) is 6.54 Å². The van der Waals surface area contributed by atoms with Gasteiger partial charge in [0.1, 0.15) is 5.54 Å². The molecule has 2 saturated carbocycles. The molecule has 0 aromatic heterocycles. The summed E-state index contributed by atoms with van der Waals surface area (Å²) in [6, 6.07) is -0.0290. The summed E-state index contributed by atoms with van der Waals surface area (Å²) in [4.78, 5) is 38.2. The van der Waals surface area contributed by atoms with Crippen molar-refractivity contribution in [2.45, 2.75) is 89.3 Å². The number of nitrogens with one attached hydrogen (secondary N) is 3. The summed E-state index contributed by atoms with van der Waals surface area (Å²) in [5.74, 6) is -0.920. The topological polar surface area (TPSA) is 111 Å². The molecule has 4 N–H and O–H groups in total. The van der Waals surface area contributed by atoms with Gasteiger partial charge in [-0.3, -0.25) is 14.5 Å². The molecular formula is C20H36N4O4. The van der Waals surface area contributed by atoms with Crippen LogP contribution in [0.1, 0.15) is 71.6 Å². The van der Waals surface area contributed by atoms with Crippen LogP contribution in [0.4, 0.5) is 4.79 Å². The van der Waals surface area contributed by atoms with E-state index in [0.717, 1.165) is 44.9 Å². The number of nitrogens with zero attached hydrogens (tertiary/aromatic N) is 1. The molecule has 160 valence electrons. The molecule has 8 nitrogen and oxygen atoms in total. The van der Waals surface area contributed by atoms with E-state index < -0.39 is 11.5 Å². The highest BCUT2D eigenvalue weighted by atomic mass is 16.4. The molecule has 2 aliphatic carbocycles. The molecule has 2 aliphatic rings. The first-order valence-corrected chi connectivity index (χ1v) is 10.7. The molecule has 3 amide bonds. The minimum Gasteiger partial charge on any atom is -0.480 e. The Morgan fingerprint density at radius 3 is 2.36 bits per heavy atom. The maximum atomic E-state index is 13.1. The third-order valence-electron chi connectivity index (χ3n) is 6.02. The summed E-state index contributed by atoms with van der Waals surface area (Å²) in [5, 5.41) is 17.9. The Labute approximate surface area is 167 Å². The second-order valence-corrected chi connectivity index (χ2v) is 8.13. The van der Waals surface area contributed by atoms with Crippen molar-refractivity contribution in [2.75, 3.05) is 19.6 Å². The van der Waals surface area contributed by atoms with E-state index in [-0.39, 0.29) is 30.6 Å².